The Labute approximate surface area is 121 Å². The number of unbranched alkanes of at least 4 members (excludes halogenated alkanes) is 1. The van der Waals surface area contributed by atoms with Gasteiger partial charge in [-0.05, 0) is 25.0 Å². The van der Waals surface area contributed by atoms with Crippen molar-refractivity contribution < 1.29 is 14.3 Å². The van der Waals surface area contributed by atoms with Crippen LogP contribution in [0.15, 0.2) is 27.4 Å². The molecule has 0 bridgehead atoms. The highest BCUT2D eigenvalue weighted by Gasteiger charge is 2.19. The number of nitrogens with one attached hydrogen (secondary N) is 1. The Balaban J connectivity index is 2.34. The molecule has 6 heteroatoms. The van der Waals surface area contributed by atoms with E-state index in [1.807, 2.05) is 6.92 Å². The van der Waals surface area contributed by atoms with Crippen molar-refractivity contribution in [1.29, 1.82) is 0 Å². The average Bonchev–Trinajstić information content (AvgIpc) is 2.42. The Morgan fingerprint density at radius 3 is 2.90 bits per heavy atom. The Bertz CT molecular complexity index is 708. The lowest BCUT2D eigenvalue weighted by Crippen LogP contribution is -2.30. The zero-order valence-electron chi connectivity index (χ0n) is 12.0. The van der Waals surface area contributed by atoms with Crippen LogP contribution in [0.25, 0.3) is 10.9 Å². The lowest BCUT2D eigenvalue weighted by atomic mass is 10.1. The first-order chi connectivity index (χ1) is 10.0. The van der Waals surface area contributed by atoms with E-state index in [1.165, 1.54) is 0 Å². The van der Waals surface area contributed by atoms with Crippen molar-refractivity contribution in [1.82, 2.24) is 4.98 Å². The minimum atomic E-state index is -0.989. The average molecular weight is 290 g/mol. The van der Waals surface area contributed by atoms with Crippen LogP contribution in [0.4, 0.5) is 6.01 Å². The van der Waals surface area contributed by atoms with E-state index in [4.69, 9.17) is 4.42 Å². The van der Waals surface area contributed by atoms with Gasteiger partial charge in [-0.25, -0.2) is 9.59 Å². The number of aromatic nitrogens is 1. The summed E-state index contributed by atoms with van der Waals surface area (Å²) in [5.74, 6) is -0.989. The largest absolute Gasteiger partial charge is 0.480 e. The monoisotopic (exact) mass is 290 g/mol. The molecule has 0 radical (unpaired) electrons. The SMILES string of the molecule is CCCC[C@H](Nc1nc2cccc(C)c2c(=O)o1)C(=O)O. The molecule has 0 aliphatic heterocycles. The van der Waals surface area contributed by atoms with Crippen LogP contribution in [0.3, 0.4) is 0 Å². The van der Waals surface area contributed by atoms with E-state index in [9.17, 15) is 14.7 Å². The fraction of sp³-hybridized carbons (Fsp3) is 0.400. The van der Waals surface area contributed by atoms with Crippen LogP contribution in [-0.2, 0) is 4.79 Å². The van der Waals surface area contributed by atoms with Crippen LogP contribution in [0.1, 0.15) is 31.7 Å². The van der Waals surface area contributed by atoms with E-state index in [-0.39, 0.29) is 6.01 Å². The number of anilines is 1. The molecule has 2 rings (SSSR count). The van der Waals surface area contributed by atoms with Crippen LogP contribution in [0, 0.1) is 6.92 Å². The fourth-order valence-electron chi connectivity index (χ4n) is 2.16. The Morgan fingerprint density at radius 1 is 1.48 bits per heavy atom. The Kier molecular flexibility index (Phi) is 4.57. The van der Waals surface area contributed by atoms with Gasteiger partial charge in [0.25, 0.3) is 6.01 Å². The number of benzene rings is 1. The lowest BCUT2D eigenvalue weighted by Gasteiger charge is -2.13. The molecular formula is C15H18N2O4. The van der Waals surface area contributed by atoms with Crippen molar-refractivity contribution in [3.63, 3.8) is 0 Å². The van der Waals surface area contributed by atoms with Crippen molar-refractivity contribution in [3.8, 4) is 0 Å². The third kappa shape index (κ3) is 3.39. The van der Waals surface area contributed by atoms with Gasteiger partial charge in [0.15, 0.2) is 0 Å². The third-order valence-electron chi connectivity index (χ3n) is 3.31. The van der Waals surface area contributed by atoms with Gasteiger partial charge in [-0.1, -0.05) is 31.9 Å². The van der Waals surface area contributed by atoms with Gasteiger partial charge in [-0.3, -0.25) is 0 Å². The number of nitrogens with zero attached hydrogens (tertiary/aromatic N) is 1. The van der Waals surface area contributed by atoms with Crippen molar-refractivity contribution in [2.24, 2.45) is 0 Å². The number of fused-ring (bicyclic) bond motifs is 1. The predicted octanol–water partition coefficient (Wildman–Crippen LogP) is 2.55. The first kappa shape index (κ1) is 15.0. The standard InChI is InChI=1S/C15H18N2O4/c1-3-4-7-11(13(18)19)17-15-16-10-8-5-6-9(2)12(10)14(20)21-15/h5-6,8,11H,3-4,7H2,1-2H3,(H,16,17)(H,18,19)/t11-/m0/s1. The van der Waals surface area contributed by atoms with E-state index in [0.29, 0.717) is 17.3 Å². The summed E-state index contributed by atoms with van der Waals surface area (Å²) in [7, 11) is 0. The molecule has 112 valence electrons. The van der Waals surface area contributed by atoms with Crippen molar-refractivity contribution in [2.45, 2.75) is 39.2 Å². The topological polar surface area (TPSA) is 92.4 Å². The molecule has 0 spiro atoms. The van der Waals surface area contributed by atoms with Crippen molar-refractivity contribution in [3.05, 3.63) is 34.2 Å². The maximum Gasteiger partial charge on any atom is 0.348 e. The van der Waals surface area contributed by atoms with E-state index in [0.717, 1.165) is 18.4 Å². The number of rotatable bonds is 6. The van der Waals surface area contributed by atoms with Gasteiger partial charge in [0, 0.05) is 0 Å². The number of carboxylic acids is 1. The number of hydrogen-bond acceptors (Lipinski definition) is 5. The molecule has 0 aliphatic carbocycles. The van der Waals surface area contributed by atoms with Gasteiger partial charge in [0.1, 0.15) is 6.04 Å². The van der Waals surface area contributed by atoms with E-state index < -0.39 is 17.6 Å². The number of aliphatic carboxylic acids is 1. The highest BCUT2D eigenvalue weighted by Crippen LogP contribution is 2.16. The summed E-state index contributed by atoms with van der Waals surface area (Å²) < 4.78 is 5.09. The number of carbonyl (C=O) groups is 1. The number of hydrogen-bond donors (Lipinski definition) is 2. The Hall–Kier alpha value is -2.37. The molecule has 0 saturated carbocycles. The molecular weight excluding hydrogens is 272 g/mol. The highest BCUT2D eigenvalue weighted by molar-refractivity contribution is 5.82. The van der Waals surface area contributed by atoms with Crippen LogP contribution in [0.5, 0.6) is 0 Å². The molecule has 0 unspecified atom stereocenters. The van der Waals surface area contributed by atoms with Gasteiger partial charge in [0.2, 0.25) is 0 Å². The third-order valence-corrected chi connectivity index (χ3v) is 3.31. The quantitative estimate of drug-likeness (QED) is 0.849. The number of aryl methyl sites for hydroxylation is 1. The molecule has 21 heavy (non-hydrogen) atoms. The molecule has 2 aromatic rings. The second-order valence-electron chi connectivity index (χ2n) is 4.95. The predicted molar refractivity (Wildman–Crippen MR) is 79.6 cm³/mol. The molecule has 0 saturated heterocycles. The fourth-order valence-corrected chi connectivity index (χ4v) is 2.16. The maximum absolute atomic E-state index is 12.0. The number of carboxylic acid groups (broad SMARTS) is 1. The molecule has 2 N–H and O–H groups in total. The highest BCUT2D eigenvalue weighted by atomic mass is 16.4. The molecule has 1 atom stereocenters. The van der Waals surface area contributed by atoms with Crippen LogP contribution in [-0.4, -0.2) is 22.1 Å². The summed E-state index contributed by atoms with van der Waals surface area (Å²) in [5, 5.41) is 12.3. The van der Waals surface area contributed by atoms with Crippen molar-refractivity contribution >= 4 is 22.9 Å². The van der Waals surface area contributed by atoms with E-state index in [2.05, 4.69) is 10.3 Å². The van der Waals surface area contributed by atoms with Gasteiger partial charge >= 0.3 is 11.6 Å². The maximum atomic E-state index is 12.0. The Morgan fingerprint density at radius 2 is 2.24 bits per heavy atom. The van der Waals surface area contributed by atoms with E-state index in [1.54, 1.807) is 25.1 Å². The van der Waals surface area contributed by atoms with Crippen LogP contribution in [0.2, 0.25) is 0 Å². The van der Waals surface area contributed by atoms with Crippen molar-refractivity contribution in [2.75, 3.05) is 5.32 Å². The first-order valence-electron chi connectivity index (χ1n) is 6.92. The summed E-state index contributed by atoms with van der Waals surface area (Å²) in [4.78, 5) is 27.4. The lowest BCUT2D eigenvalue weighted by molar-refractivity contribution is -0.138. The molecule has 1 aromatic heterocycles. The second kappa shape index (κ2) is 6.39. The minimum Gasteiger partial charge on any atom is -0.480 e. The second-order valence-corrected chi connectivity index (χ2v) is 4.95. The minimum absolute atomic E-state index is 0.0541. The van der Waals surface area contributed by atoms with Gasteiger partial charge in [0.05, 0.1) is 10.9 Å². The molecule has 1 heterocycles. The normalized spacial score (nSPS) is 12.3. The zero-order valence-corrected chi connectivity index (χ0v) is 12.0. The van der Waals surface area contributed by atoms with E-state index >= 15 is 0 Å². The van der Waals surface area contributed by atoms with Gasteiger partial charge in [-0.15, -0.1) is 0 Å². The molecule has 0 amide bonds. The molecule has 6 nitrogen and oxygen atoms in total. The van der Waals surface area contributed by atoms with Gasteiger partial charge in [-0.2, -0.15) is 4.98 Å². The summed E-state index contributed by atoms with van der Waals surface area (Å²) in [5.41, 5.74) is 0.759. The summed E-state index contributed by atoms with van der Waals surface area (Å²) in [6, 6.07) is 4.42. The summed E-state index contributed by atoms with van der Waals surface area (Å²) in [6.07, 6.45) is 2.10. The first-order valence-corrected chi connectivity index (χ1v) is 6.92. The summed E-state index contributed by atoms with van der Waals surface area (Å²) in [6.45, 7) is 3.78. The smallest absolute Gasteiger partial charge is 0.348 e. The van der Waals surface area contributed by atoms with Crippen LogP contribution >= 0.6 is 0 Å². The molecule has 0 fully saturated rings. The van der Waals surface area contributed by atoms with Crippen LogP contribution < -0.4 is 10.9 Å². The van der Waals surface area contributed by atoms with Gasteiger partial charge < -0.3 is 14.8 Å². The molecule has 1 aromatic carbocycles. The summed E-state index contributed by atoms with van der Waals surface area (Å²) >= 11 is 0. The molecule has 0 aliphatic rings. The zero-order chi connectivity index (χ0) is 15.4.